The van der Waals surface area contributed by atoms with Crippen molar-refractivity contribution in [2.24, 2.45) is 5.92 Å². The second-order valence-electron chi connectivity index (χ2n) is 8.82. The summed E-state index contributed by atoms with van der Waals surface area (Å²) in [6, 6.07) is 18.1. The molecule has 8 nitrogen and oxygen atoms in total. The minimum absolute atomic E-state index is 0.320. The maximum absolute atomic E-state index is 13.0. The Morgan fingerprint density at radius 3 is 2.58 bits per heavy atom. The van der Waals surface area contributed by atoms with Crippen LogP contribution in [0.1, 0.15) is 43.0 Å². The van der Waals surface area contributed by atoms with Crippen molar-refractivity contribution >= 4 is 17.8 Å². The van der Waals surface area contributed by atoms with E-state index in [0.29, 0.717) is 30.0 Å². The quantitative estimate of drug-likeness (QED) is 0.601. The van der Waals surface area contributed by atoms with Crippen LogP contribution in [0.5, 0.6) is 0 Å². The van der Waals surface area contributed by atoms with E-state index in [1.807, 2.05) is 42.5 Å². The van der Waals surface area contributed by atoms with Gasteiger partial charge in [-0.15, -0.1) is 0 Å². The van der Waals surface area contributed by atoms with Gasteiger partial charge >= 0.3 is 6.03 Å². The average molecular weight is 444 g/mol. The number of carbonyl (C=O) groups excluding carboxylic acids is 3. The maximum Gasteiger partial charge on any atom is 0.344 e. The number of aromatic nitrogens is 2. The van der Waals surface area contributed by atoms with Crippen LogP contribution in [-0.2, 0) is 4.79 Å². The van der Waals surface area contributed by atoms with Crippen LogP contribution >= 0.6 is 0 Å². The van der Waals surface area contributed by atoms with E-state index in [-0.39, 0.29) is 5.91 Å². The number of urea groups is 1. The number of rotatable bonds is 4. The van der Waals surface area contributed by atoms with E-state index in [1.54, 1.807) is 29.1 Å². The molecule has 2 fully saturated rings. The third kappa shape index (κ3) is 3.77. The number of hydrogen-bond donors (Lipinski definition) is 2. The summed E-state index contributed by atoms with van der Waals surface area (Å²) in [4.78, 5) is 38.5. The highest BCUT2D eigenvalue weighted by molar-refractivity contribution is 6.09. The van der Waals surface area contributed by atoms with Gasteiger partial charge in [0.25, 0.3) is 11.8 Å². The summed E-state index contributed by atoms with van der Waals surface area (Å²) in [5, 5.41) is 8.05. The highest BCUT2D eigenvalue weighted by atomic mass is 16.2. The summed E-state index contributed by atoms with van der Waals surface area (Å²) >= 11 is 0. The summed E-state index contributed by atoms with van der Waals surface area (Å²) in [6.07, 6.45) is 4.60. The molecule has 1 aliphatic heterocycles. The summed E-state index contributed by atoms with van der Waals surface area (Å²) in [5.41, 5.74) is 4.49. The highest BCUT2D eigenvalue weighted by Gasteiger charge is 2.52. The molecule has 168 valence electrons. The lowest BCUT2D eigenvalue weighted by Crippen LogP contribution is -2.51. The zero-order valence-electron chi connectivity index (χ0n) is 18.3. The maximum atomic E-state index is 13.0. The molecule has 2 aliphatic rings. The van der Waals surface area contributed by atoms with Crippen molar-refractivity contribution in [2.75, 3.05) is 0 Å². The van der Waals surface area contributed by atoms with Gasteiger partial charge in [0.15, 0.2) is 0 Å². The molecule has 0 bridgehead atoms. The summed E-state index contributed by atoms with van der Waals surface area (Å²) < 4.78 is 1.75. The van der Waals surface area contributed by atoms with Crippen molar-refractivity contribution in [1.29, 1.82) is 0 Å². The molecule has 2 N–H and O–H groups in total. The second kappa shape index (κ2) is 8.20. The predicted octanol–water partition coefficient (Wildman–Crippen LogP) is 3.68. The number of hydrazine groups is 1. The van der Waals surface area contributed by atoms with Crippen molar-refractivity contribution in [3.8, 4) is 16.9 Å². The molecule has 1 aromatic heterocycles. The van der Waals surface area contributed by atoms with E-state index < -0.39 is 17.5 Å². The number of carbonyl (C=O) groups is 3. The Kier molecular flexibility index (Phi) is 5.20. The zero-order chi connectivity index (χ0) is 23.0. The van der Waals surface area contributed by atoms with E-state index in [9.17, 15) is 14.4 Å². The Hall–Kier alpha value is -3.94. The van der Waals surface area contributed by atoms with Gasteiger partial charge in [-0.1, -0.05) is 43.3 Å². The van der Waals surface area contributed by atoms with Crippen molar-refractivity contribution in [2.45, 2.75) is 38.1 Å². The van der Waals surface area contributed by atoms with Crippen LogP contribution in [0, 0.1) is 5.92 Å². The molecular formula is C25H25N5O3. The zero-order valence-corrected chi connectivity index (χ0v) is 18.3. The van der Waals surface area contributed by atoms with Crippen LogP contribution in [0.4, 0.5) is 4.79 Å². The van der Waals surface area contributed by atoms with Crippen molar-refractivity contribution in [3.05, 3.63) is 72.4 Å². The van der Waals surface area contributed by atoms with Gasteiger partial charge in [-0.3, -0.25) is 15.0 Å². The molecule has 4 amide bonds. The molecule has 1 saturated heterocycles. The number of hydrogen-bond acceptors (Lipinski definition) is 4. The molecular weight excluding hydrogens is 418 g/mol. The molecule has 2 aromatic carbocycles. The monoisotopic (exact) mass is 443 g/mol. The fourth-order valence-electron chi connectivity index (χ4n) is 4.60. The number of nitrogens with one attached hydrogen (secondary N) is 2. The normalized spacial score (nSPS) is 22.5. The first-order valence-electron chi connectivity index (χ1n) is 11.1. The largest absolute Gasteiger partial charge is 0.344 e. The molecule has 1 saturated carbocycles. The van der Waals surface area contributed by atoms with Crippen LogP contribution in [0.25, 0.3) is 16.9 Å². The van der Waals surface area contributed by atoms with Gasteiger partial charge in [-0.2, -0.15) is 10.1 Å². The first kappa shape index (κ1) is 20.9. The molecule has 0 atom stereocenters. The molecule has 0 unspecified atom stereocenters. The lowest BCUT2D eigenvalue weighted by Gasteiger charge is -2.33. The fraction of sp³-hybridized carbons (Fsp3) is 0.280. The minimum Gasteiger partial charge on any atom is -0.322 e. The molecule has 2 heterocycles. The van der Waals surface area contributed by atoms with E-state index in [4.69, 9.17) is 0 Å². The molecule has 5 rings (SSSR count). The fourth-order valence-corrected chi connectivity index (χ4v) is 4.60. The van der Waals surface area contributed by atoms with Gasteiger partial charge < -0.3 is 5.32 Å². The summed E-state index contributed by atoms with van der Waals surface area (Å²) in [7, 11) is 0. The summed E-state index contributed by atoms with van der Waals surface area (Å²) in [5.74, 6) is -0.396. The van der Waals surface area contributed by atoms with Gasteiger partial charge in [-0.05, 0) is 55.9 Å². The van der Waals surface area contributed by atoms with Crippen LogP contribution < -0.4 is 10.7 Å². The topological polar surface area (TPSA) is 96.3 Å². The van der Waals surface area contributed by atoms with Crippen LogP contribution in [-0.4, -0.2) is 38.2 Å². The Bertz CT molecular complexity index is 1210. The molecule has 0 radical (unpaired) electrons. The molecule has 33 heavy (non-hydrogen) atoms. The SMILES string of the molecule is CC1CCC2(CC1)NC(=O)N(NC(=O)c1cccc(-n3nccc3-c3ccccc3)c1)C2=O. The van der Waals surface area contributed by atoms with Crippen LogP contribution in [0.2, 0.25) is 0 Å². The molecule has 3 aromatic rings. The number of benzene rings is 2. The van der Waals surface area contributed by atoms with Gasteiger partial charge in [0.05, 0.1) is 17.6 Å². The van der Waals surface area contributed by atoms with Crippen molar-refractivity contribution in [3.63, 3.8) is 0 Å². The van der Waals surface area contributed by atoms with E-state index in [1.165, 1.54) is 0 Å². The van der Waals surface area contributed by atoms with Crippen LogP contribution in [0.3, 0.4) is 0 Å². The molecule has 1 spiro atoms. The minimum atomic E-state index is -0.904. The first-order valence-corrected chi connectivity index (χ1v) is 11.1. The Balaban J connectivity index is 1.36. The Morgan fingerprint density at radius 2 is 1.82 bits per heavy atom. The Labute approximate surface area is 191 Å². The lowest BCUT2D eigenvalue weighted by atomic mass is 9.77. The number of amides is 4. The van der Waals surface area contributed by atoms with E-state index in [2.05, 4.69) is 22.8 Å². The number of imide groups is 1. The van der Waals surface area contributed by atoms with Crippen molar-refractivity contribution in [1.82, 2.24) is 25.5 Å². The van der Waals surface area contributed by atoms with E-state index in [0.717, 1.165) is 29.1 Å². The predicted molar refractivity (Wildman–Crippen MR) is 122 cm³/mol. The second-order valence-corrected chi connectivity index (χ2v) is 8.82. The summed E-state index contributed by atoms with van der Waals surface area (Å²) in [6.45, 7) is 2.14. The van der Waals surface area contributed by atoms with Crippen LogP contribution in [0.15, 0.2) is 66.9 Å². The number of nitrogens with zero attached hydrogens (tertiary/aromatic N) is 3. The molecule has 8 heteroatoms. The van der Waals surface area contributed by atoms with Crippen molar-refractivity contribution < 1.29 is 14.4 Å². The van der Waals surface area contributed by atoms with Gasteiger partial charge in [-0.25, -0.2) is 9.48 Å². The third-order valence-electron chi connectivity index (χ3n) is 6.57. The average Bonchev–Trinajstić information content (AvgIpc) is 3.41. The smallest absolute Gasteiger partial charge is 0.322 e. The standard InChI is InChI=1S/C25H25N5O3/c1-17-10-13-25(14-11-17)23(32)30(24(33)27-25)28-22(31)19-8-5-9-20(16-19)29-21(12-15-26-29)18-6-3-2-4-7-18/h2-9,12,15-17H,10-11,13-14H2,1H3,(H,27,33)(H,28,31). The lowest BCUT2D eigenvalue weighted by molar-refractivity contribution is -0.134. The third-order valence-corrected chi connectivity index (χ3v) is 6.57. The van der Waals surface area contributed by atoms with Gasteiger partial charge in [0.1, 0.15) is 5.54 Å². The molecule has 1 aliphatic carbocycles. The van der Waals surface area contributed by atoms with Gasteiger partial charge in [0, 0.05) is 11.1 Å². The highest BCUT2D eigenvalue weighted by Crippen LogP contribution is 2.35. The first-order chi connectivity index (χ1) is 16.0. The van der Waals surface area contributed by atoms with E-state index >= 15 is 0 Å². The van der Waals surface area contributed by atoms with Gasteiger partial charge in [0.2, 0.25) is 0 Å². The Morgan fingerprint density at radius 1 is 1.06 bits per heavy atom.